The van der Waals surface area contributed by atoms with Crippen LogP contribution in [0.4, 0.5) is 5.82 Å². The van der Waals surface area contributed by atoms with Gasteiger partial charge in [-0.2, -0.15) is 0 Å². The Morgan fingerprint density at radius 2 is 2.21 bits per heavy atom. The maximum Gasteiger partial charge on any atom is 0.329 e. The topological polar surface area (TPSA) is 94.8 Å². The number of hydrogen-bond donors (Lipinski definition) is 3. The predicted octanol–water partition coefficient (Wildman–Crippen LogP) is 1.96. The molecule has 19 heavy (non-hydrogen) atoms. The molecule has 0 amide bonds. The van der Waals surface area contributed by atoms with Crippen LogP contribution in [0, 0.1) is 0 Å². The van der Waals surface area contributed by atoms with Crippen molar-refractivity contribution in [3.05, 3.63) is 18.3 Å². The van der Waals surface area contributed by atoms with Crippen molar-refractivity contribution in [3.63, 3.8) is 0 Å². The summed E-state index contributed by atoms with van der Waals surface area (Å²) >= 11 is 1.31. The lowest BCUT2D eigenvalue weighted by atomic mass is 10.0. The molecule has 0 unspecified atom stereocenters. The molecule has 0 saturated carbocycles. The van der Waals surface area contributed by atoms with E-state index < -0.39 is 16.8 Å². The van der Waals surface area contributed by atoms with Gasteiger partial charge in [-0.1, -0.05) is 11.8 Å². The number of anilines is 1. The average Bonchev–Trinajstić information content (AvgIpc) is 2.57. The van der Waals surface area contributed by atoms with Crippen molar-refractivity contribution in [2.45, 2.75) is 24.6 Å². The van der Waals surface area contributed by atoms with Gasteiger partial charge in [-0.15, -0.1) is 12.4 Å². The molecular formula is C11H14ClN3O3S. The minimum absolute atomic E-state index is 0. The number of amidine groups is 1. The Morgan fingerprint density at radius 3 is 2.74 bits per heavy atom. The number of aliphatic carboxylic acids is 1. The van der Waals surface area contributed by atoms with E-state index in [0.29, 0.717) is 5.17 Å². The second kappa shape index (κ2) is 5.66. The van der Waals surface area contributed by atoms with Crippen molar-refractivity contribution < 1.29 is 15.0 Å². The first-order valence-electron chi connectivity index (χ1n) is 5.31. The molecule has 1 aliphatic heterocycles. The third-order valence-electron chi connectivity index (χ3n) is 2.51. The smallest absolute Gasteiger partial charge is 0.329 e. The highest BCUT2D eigenvalue weighted by Gasteiger charge is 2.42. The Morgan fingerprint density at radius 1 is 1.53 bits per heavy atom. The van der Waals surface area contributed by atoms with E-state index in [9.17, 15) is 9.90 Å². The summed E-state index contributed by atoms with van der Waals surface area (Å²) < 4.78 is -0.529. The van der Waals surface area contributed by atoms with Crippen molar-refractivity contribution in [2.75, 3.05) is 5.32 Å². The van der Waals surface area contributed by atoms with Crippen molar-refractivity contribution in [3.8, 4) is 5.75 Å². The second-order valence-corrected chi connectivity index (χ2v) is 6.02. The lowest BCUT2D eigenvalue weighted by molar-refractivity contribution is -0.138. The van der Waals surface area contributed by atoms with Crippen LogP contribution in [0.3, 0.4) is 0 Å². The number of nitrogens with one attached hydrogen (secondary N) is 1. The predicted molar refractivity (Wildman–Crippen MR) is 77.3 cm³/mol. The van der Waals surface area contributed by atoms with Crippen LogP contribution in [0.25, 0.3) is 0 Å². The van der Waals surface area contributed by atoms with Crippen LogP contribution in [-0.2, 0) is 4.79 Å². The van der Waals surface area contributed by atoms with E-state index in [1.54, 1.807) is 6.07 Å². The first-order valence-corrected chi connectivity index (χ1v) is 6.12. The first-order chi connectivity index (χ1) is 8.40. The van der Waals surface area contributed by atoms with Gasteiger partial charge >= 0.3 is 5.97 Å². The maximum absolute atomic E-state index is 11.1. The van der Waals surface area contributed by atoms with Crippen LogP contribution >= 0.6 is 24.2 Å². The van der Waals surface area contributed by atoms with Crippen LogP contribution in [-0.4, -0.2) is 37.1 Å². The highest BCUT2D eigenvalue weighted by molar-refractivity contribution is 8.15. The molecule has 6 nitrogen and oxygen atoms in total. The Labute approximate surface area is 120 Å². The van der Waals surface area contributed by atoms with Gasteiger partial charge in [0.2, 0.25) is 0 Å². The Kier molecular flexibility index (Phi) is 4.65. The Balaban J connectivity index is 0.00000180. The van der Waals surface area contributed by atoms with E-state index in [2.05, 4.69) is 15.3 Å². The maximum atomic E-state index is 11.1. The highest BCUT2D eigenvalue weighted by Crippen LogP contribution is 2.38. The number of aromatic hydroxyl groups is 1. The first kappa shape index (κ1) is 15.6. The summed E-state index contributed by atoms with van der Waals surface area (Å²) in [5, 5.41) is 21.9. The zero-order chi connectivity index (χ0) is 13.3. The van der Waals surface area contributed by atoms with Gasteiger partial charge in [0, 0.05) is 6.20 Å². The van der Waals surface area contributed by atoms with Crippen LogP contribution in [0.2, 0.25) is 0 Å². The molecule has 1 aromatic rings. The molecule has 2 rings (SSSR count). The third kappa shape index (κ3) is 3.30. The SMILES string of the molecule is CC1(C)SC(Nc2ncccc2O)=N[C@@H]1C(=O)O.Cl. The minimum atomic E-state index is -0.963. The van der Waals surface area contributed by atoms with Gasteiger partial charge in [0.1, 0.15) is 0 Å². The van der Waals surface area contributed by atoms with Gasteiger partial charge in [0.05, 0.1) is 4.75 Å². The molecule has 3 N–H and O–H groups in total. The van der Waals surface area contributed by atoms with E-state index in [1.165, 1.54) is 24.0 Å². The number of rotatable bonds is 2. The van der Waals surface area contributed by atoms with E-state index in [1.807, 2.05) is 13.8 Å². The summed E-state index contributed by atoms with van der Waals surface area (Å²) in [4.78, 5) is 19.1. The van der Waals surface area contributed by atoms with Gasteiger partial charge in [0.25, 0.3) is 0 Å². The number of carboxylic acids is 1. The van der Waals surface area contributed by atoms with Crippen molar-refractivity contribution >= 4 is 41.1 Å². The minimum Gasteiger partial charge on any atom is -0.504 e. The summed E-state index contributed by atoms with van der Waals surface area (Å²) in [6.45, 7) is 3.62. The number of carboxylic acid groups (broad SMARTS) is 1. The number of thioether (sulfide) groups is 1. The zero-order valence-corrected chi connectivity index (χ0v) is 12.0. The van der Waals surface area contributed by atoms with Crippen LogP contribution in [0.1, 0.15) is 13.8 Å². The van der Waals surface area contributed by atoms with Crippen molar-refractivity contribution in [1.82, 2.24) is 4.98 Å². The molecule has 104 valence electrons. The number of pyridine rings is 1. The number of hydrogen-bond acceptors (Lipinski definition) is 6. The quantitative estimate of drug-likeness (QED) is 0.773. The zero-order valence-electron chi connectivity index (χ0n) is 10.3. The summed E-state index contributed by atoms with van der Waals surface area (Å²) in [5.41, 5.74) is 0. The van der Waals surface area contributed by atoms with E-state index in [0.717, 1.165) is 0 Å². The van der Waals surface area contributed by atoms with Crippen LogP contribution < -0.4 is 5.32 Å². The van der Waals surface area contributed by atoms with Gasteiger partial charge in [0.15, 0.2) is 22.8 Å². The fraction of sp³-hybridized carbons (Fsp3) is 0.364. The standard InChI is InChI=1S/C11H13N3O3S.ClH/c1-11(2)7(9(16)17)13-10(18-11)14-8-6(15)4-3-5-12-8;/h3-5,7,15H,1-2H3,(H,16,17)(H,12,13,14);1H/t7-;/m1./s1. The summed E-state index contributed by atoms with van der Waals surface area (Å²) in [5.74, 6) is -0.697. The number of aliphatic imine (C=N–C) groups is 1. The summed E-state index contributed by atoms with van der Waals surface area (Å²) in [7, 11) is 0. The lowest BCUT2D eigenvalue weighted by Gasteiger charge is -2.20. The molecule has 0 aliphatic carbocycles. The highest BCUT2D eigenvalue weighted by atomic mass is 35.5. The number of carbonyl (C=O) groups is 1. The average molecular weight is 304 g/mol. The van der Waals surface area contributed by atoms with Crippen molar-refractivity contribution in [1.29, 1.82) is 0 Å². The van der Waals surface area contributed by atoms with Gasteiger partial charge < -0.3 is 15.5 Å². The molecule has 2 heterocycles. The Bertz CT molecular complexity index is 522. The largest absolute Gasteiger partial charge is 0.504 e. The van der Waals surface area contributed by atoms with Crippen molar-refractivity contribution in [2.24, 2.45) is 4.99 Å². The molecule has 8 heteroatoms. The van der Waals surface area contributed by atoms with Gasteiger partial charge in [-0.25, -0.2) is 14.8 Å². The molecule has 1 aromatic heterocycles. The van der Waals surface area contributed by atoms with E-state index in [-0.39, 0.29) is 24.0 Å². The number of halogens is 1. The lowest BCUT2D eigenvalue weighted by Crippen LogP contribution is -2.34. The fourth-order valence-corrected chi connectivity index (χ4v) is 2.68. The van der Waals surface area contributed by atoms with E-state index in [4.69, 9.17) is 5.11 Å². The monoisotopic (exact) mass is 303 g/mol. The third-order valence-corrected chi connectivity index (χ3v) is 3.66. The molecule has 0 radical (unpaired) electrons. The molecular weight excluding hydrogens is 290 g/mol. The molecule has 1 aliphatic rings. The second-order valence-electron chi connectivity index (χ2n) is 4.38. The van der Waals surface area contributed by atoms with Crippen LogP contribution in [0.15, 0.2) is 23.3 Å². The van der Waals surface area contributed by atoms with Gasteiger partial charge in [-0.3, -0.25) is 0 Å². The van der Waals surface area contributed by atoms with Crippen LogP contribution in [0.5, 0.6) is 5.75 Å². The molecule has 0 bridgehead atoms. The summed E-state index contributed by atoms with van der Waals surface area (Å²) in [6, 6.07) is 2.29. The molecule has 0 fully saturated rings. The molecule has 0 saturated heterocycles. The normalized spacial score (nSPS) is 20.3. The molecule has 0 aromatic carbocycles. The molecule has 0 spiro atoms. The Hall–Kier alpha value is -1.47. The summed E-state index contributed by atoms with van der Waals surface area (Å²) in [6.07, 6.45) is 1.53. The molecule has 1 atom stereocenters. The fourth-order valence-electron chi connectivity index (χ4n) is 1.61. The number of aromatic nitrogens is 1. The van der Waals surface area contributed by atoms with E-state index >= 15 is 0 Å². The number of nitrogens with zero attached hydrogens (tertiary/aromatic N) is 2. The van der Waals surface area contributed by atoms with Gasteiger partial charge in [-0.05, 0) is 26.0 Å².